The molecule has 1 aromatic heterocycles. The number of para-hydroxylation sites is 1. The van der Waals surface area contributed by atoms with Crippen molar-refractivity contribution in [2.24, 2.45) is 0 Å². The zero-order valence-corrected chi connectivity index (χ0v) is 14.0. The molecule has 0 fully saturated rings. The zero-order chi connectivity index (χ0) is 18.4. The van der Waals surface area contributed by atoms with Crippen LogP contribution in [0, 0.1) is 0 Å². The molecule has 8 nitrogen and oxygen atoms in total. The third-order valence-corrected chi connectivity index (χ3v) is 3.19. The van der Waals surface area contributed by atoms with E-state index < -0.39 is 5.97 Å². The van der Waals surface area contributed by atoms with E-state index in [4.69, 9.17) is 15.2 Å². The molecule has 0 saturated carbocycles. The fourth-order valence-electron chi connectivity index (χ4n) is 2.08. The Kier molecular flexibility index (Phi) is 5.23. The van der Waals surface area contributed by atoms with Gasteiger partial charge in [0.05, 0.1) is 0 Å². The van der Waals surface area contributed by atoms with Gasteiger partial charge in [-0.25, -0.2) is 0 Å². The molecule has 0 spiro atoms. The van der Waals surface area contributed by atoms with E-state index >= 15 is 0 Å². The molecule has 0 saturated heterocycles. The van der Waals surface area contributed by atoms with Gasteiger partial charge >= 0.3 is 5.97 Å². The second kappa shape index (κ2) is 7.93. The average Bonchev–Trinajstić information content (AvgIpc) is 2.62. The van der Waals surface area contributed by atoms with Gasteiger partial charge in [-0.1, -0.05) is 18.2 Å². The average molecular weight is 351 g/mol. The Labute approximate surface area is 150 Å². The Balaban J connectivity index is 1.68. The van der Waals surface area contributed by atoms with Gasteiger partial charge < -0.3 is 20.5 Å². The number of hydrogen-bond donors (Lipinski definition) is 2. The number of carbonyl (C=O) groups excluding carboxylic acids is 1. The fraction of sp³-hybridized carbons (Fsp3) is 0.111. The molecule has 26 heavy (non-hydrogen) atoms. The Morgan fingerprint density at radius 1 is 1.00 bits per heavy atom. The summed E-state index contributed by atoms with van der Waals surface area (Å²) in [5.74, 6) is 1.60. The van der Waals surface area contributed by atoms with E-state index in [0.717, 1.165) is 11.4 Å². The van der Waals surface area contributed by atoms with E-state index in [1.54, 1.807) is 0 Å². The highest BCUT2D eigenvalue weighted by Crippen LogP contribution is 2.23. The zero-order valence-electron chi connectivity index (χ0n) is 14.0. The van der Waals surface area contributed by atoms with Gasteiger partial charge in [0.1, 0.15) is 11.5 Å². The summed E-state index contributed by atoms with van der Waals surface area (Å²) in [6, 6.07) is 16.8. The van der Waals surface area contributed by atoms with Crippen LogP contribution in [0.25, 0.3) is 0 Å². The Hall–Kier alpha value is -3.68. The second-order valence-corrected chi connectivity index (χ2v) is 5.28. The number of esters is 1. The normalized spacial score (nSPS) is 10.2. The van der Waals surface area contributed by atoms with Crippen LogP contribution in [-0.4, -0.2) is 20.9 Å². The highest BCUT2D eigenvalue weighted by molar-refractivity contribution is 5.65. The minimum absolute atomic E-state index is 0.0358. The third-order valence-electron chi connectivity index (χ3n) is 3.19. The van der Waals surface area contributed by atoms with E-state index in [2.05, 4.69) is 20.3 Å². The van der Waals surface area contributed by atoms with Gasteiger partial charge in [-0.05, 0) is 36.4 Å². The van der Waals surface area contributed by atoms with E-state index in [9.17, 15) is 4.79 Å². The molecular weight excluding hydrogens is 334 g/mol. The first-order chi connectivity index (χ1) is 12.6. The number of hydrogen-bond acceptors (Lipinski definition) is 8. The largest absolute Gasteiger partial charge is 0.458 e. The molecule has 132 valence electrons. The predicted octanol–water partition coefficient (Wildman–Crippen LogP) is 3.05. The first kappa shape index (κ1) is 17.2. The summed E-state index contributed by atoms with van der Waals surface area (Å²) < 4.78 is 10.6. The lowest BCUT2D eigenvalue weighted by Gasteiger charge is -2.09. The van der Waals surface area contributed by atoms with E-state index in [1.807, 2.05) is 54.6 Å². The lowest BCUT2D eigenvalue weighted by molar-refractivity contribution is -0.142. The number of anilines is 3. The maximum absolute atomic E-state index is 10.9. The number of nitrogens with zero attached hydrogens (tertiary/aromatic N) is 3. The van der Waals surface area contributed by atoms with E-state index in [-0.39, 0.29) is 24.3 Å². The number of benzene rings is 2. The molecule has 0 atom stereocenters. The van der Waals surface area contributed by atoms with Gasteiger partial charge in [0.2, 0.25) is 11.9 Å². The van der Waals surface area contributed by atoms with Crippen LogP contribution in [0.2, 0.25) is 0 Å². The number of ether oxygens (including phenoxy) is 2. The Morgan fingerprint density at radius 2 is 1.69 bits per heavy atom. The Bertz CT molecular complexity index is 885. The third kappa shape index (κ3) is 4.91. The van der Waals surface area contributed by atoms with Crippen LogP contribution in [0.5, 0.6) is 11.5 Å². The molecule has 0 bridgehead atoms. The van der Waals surface area contributed by atoms with Gasteiger partial charge in [0, 0.05) is 12.6 Å². The quantitative estimate of drug-likeness (QED) is 0.652. The summed E-state index contributed by atoms with van der Waals surface area (Å²) in [5.41, 5.74) is 6.41. The first-order valence-electron chi connectivity index (χ1n) is 7.82. The molecule has 0 aliphatic heterocycles. The number of rotatable bonds is 6. The van der Waals surface area contributed by atoms with Crippen molar-refractivity contribution in [1.29, 1.82) is 0 Å². The van der Waals surface area contributed by atoms with E-state index in [1.165, 1.54) is 6.92 Å². The van der Waals surface area contributed by atoms with Crippen molar-refractivity contribution in [3.63, 3.8) is 0 Å². The molecule has 2 aromatic carbocycles. The van der Waals surface area contributed by atoms with Gasteiger partial charge in [-0.2, -0.15) is 15.0 Å². The fourth-order valence-corrected chi connectivity index (χ4v) is 2.08. The topological polar surface area (TPSA) is 112 Å². The minimum atomic E-state index is -0.424. The lowest BCUT2D eigenvalue weighted by atomic mass is 10.3. The SMILES string of the molecule is CC(=O)OCc1nc(N)nc(Nc2ccc(Oc3ccccc3)cc2)n1. The number of nitrogen functional groups attached to an aromatic ring is 1. The number of aromatic nitrogens is 3. The van der Waals surface area contributed by atoms with Crippen molar-refractivity contribution in [1.82, 2.24) is 15.0 Å². The van der Waals surface area contributed by atoms with Crippen molar-refractivity contribution in [3.05, 3.63) is 60.4 Å². The van der Waals surface area contributed by atoms with Crippen LogP contribution in [0.3, 0.4) is 0 Å². The summed E-state index contributed by atoms with van der Waals surface area (Å²) in [4.78, 5) is 23.0. The summed E-state index contributed by atoms with van der Waals surface area (Å²) in [5, 5.41) is 3.03. The van der Waals surface area contributed by atoms with Crippen molar-refractivity contribution in [2.75, 3.05) is 11.1 Å². The Morgan fingerprint density at radius 3 is 2.38 bits per heavy atom. The molecule has 1 heterocycles. The van der Waals surface area contributed by atoms with Crippen LogP contribution < -0.4 is 15.8 Å². The molecule has 0 aliphatic rings. The van der Waals surface area contributed by atoms with Crippen LogP contribution in [0.1, 0.15) is 12.7 Å². The summed E-state index contributed by atoms with van der Waals surface area (Å²) in [7, 11) is 0. The molecule has 0 amide bonds. The van der Waals surface area contributed by atoms with Crippen molar-refractivity contribution in [2.45, 2.75) is 13.5 Å². The highest BCUT2D eigenvalue weighted by atomic mass is 16.5. The highest BCUT2D eigenvalue weighted by Gasteiger charge is 2.07. The molecule has 8 heteroatoms. The van der Waals surface area contributed by atoms with Crippen LogP contribution in [0.15, 0.2) is 54.6 Å². The smallest absolute Gasteiger partial charge is 0.303 e. The molecular formula is C18H17N5O3. The summed E-state index contributed by atoms with van der Waals surface area (Å²) in [6.45, 7) is 1.24. The maximum atomic E-state index is 10.9. The van der Waals surface area contributed by atoms with Gasteiger partial charge in [0.15, 0.2) is 12.4 Å². The molecule has 3 rings (SSSR count). The van der Waals surface area contributed by atoms with Crippen LogP contribution >= 0.6 is 0 Å². The van der Waals surface area contributed by atoms with Gasteiger partial charge in [-0.3, -0.25) is 4.79 Å². The van der Waals surface area contributed by atoms with Crippen molar-refractivity contribution >= 4 is 23.6 Å². The standard InChI is InChI=1S/C18H17N5O3/c1-12(24)25-11-16-21-17(19)23-18(22-16)20-13-7-9-15(10-8-13)26-14-5-3-2-4-6-14/h2-10H,11H2,1H3,(H3,19,20,21,22,23). The predicted molar refractivity (Wildman–Crippen MR) is 96.0 cm³/mol. The molecule has 3 aromatic rings. The first-order valence-corrected chi connectivity index (χ1v) is 7.82. The maximum Gasteiger partial charge on any atom is 0.303 e. The van der Waals surface area contributed by atoms with Gasteiger partial charge in [-0.15, -0.1) is 0 Å². The monoisotopic (exact) mass is 351 g/mol. The number of nitrogens with two attached hydrogens (primary N) is 1. The molecule has 0 unspecified atom stereocenters. The number of carbonyl (C=O) groups is 1. The molecule has 0 radical (unpaired) electrons. The molecule has 0 aliphatic carbocycles. The lowest BCUT2D eigenvalue weighted by Crippen LogP contribution is -2.09. The van der Waals surface area contributed by atoms with Gasteiger partial charge in [0.25, 0.3) is 0 Å². The number of nitrogens with one attached hydrogen (secondary N) is 1. The summed E-state index contributed by atoms with van der Waals surface area (Å²) in [6.07, 6.45) is 0. The van der Waals surface area contributed by atoms with Crippen molar-refractivity contribution < 1.29 is 14.3 Å². The second-order valence-electron chi connectivity index (χ2n) is 5.28. The van der Waals surface area contributed by atoms with Crippen LogP contribution in [-0.2, 0) is 16.1 Å². The molecule has 3 N–H and O–H groups in total. The van der Waals surface area contributed by atoms with Crippen molar-refractivity contribution in [3.8, 4) is 11.5 Å². The minimum Gasteiger partial charge on any atom is -0.458 e. The van der Waals surface area contributed by atoms with E-state index in [0.29, 0.717) is 5.75 Å². The van der Waals surface area contributed by atoms with Crippen LogP contribution in [0.4, 0.5) is 17.6 Å². The summed E-state index contributed by atoms with van der Waals surface area (Å²) >= 11 is 0.